The van der Waals surface area contributed by atoms with Gasteiger partial charge in [-0.25, -0.2) is 9.59 Å². The Hall–Kier alpha value is -3.49. The molecule has 1 saturated heterocycles. The van der Waals surface area contributed by atoms with E-state index < -0.39 is 11.9 Å². The predicted octanol–water partition coefficient (Wildman–Crippen LogP) is 2.98. The maximum absolute atomic E-state index is 13.0. The molecule has 188 valence electrons. The maximum atomic E-state index is 13.0. The van der Waals surface area contributed by atoms with Crippen LogP contribution in [0.25, 0.3) is 6.08 Å². The van der Waals surface area contributed by atoms with Gasteiger partial charge >= 0.3 is 11.9 Å². The predicted molar refractivity (Wildman–Crippen MR) is 133 cm³/mol. The molecule has 8 nitrogen and oxygen atoms in total. The second-order valence-corrected chi connectivity index (χ2v) is 8.53. The van der Waals surface area contributed by atoms with Crippen molar-refractivity contribution in [3.05, 3.63) is 77.4 Å². The number of carbonyl (C=O) groups is 3. The Morgan fingerprint density at radius 1 is 0.943 bits per heavy atom. The van der Waals surface area contributed by atoms with E-state index in [-0.39, 0.29) is 18.4 Å². The van der Waals surface area contributed by atoms with Crippen LogP contribution in [0.15, 0.2) is 66.2 Å². The highest BCUT2D eigenvalue weighted by Crippen LogP contribution is 2.22. The van der Waals surface area contributed by atoms with Gasteiger partial charge in [-0.15, -0.1) is 0 Å². The number of benzene rings is 2. The Kier molecular flexibility index (Phi) is 11.7. The summed E-state index contributed by atoms with van der Waals surface area (Å²) in [5.74, 6) is -3.41. The first kappa shape index (κ1) is 27.8. The number of aliphatic carboxylic acids is 2. The number of rotatable bonds is 8. The molecule has 0 bridgehead atoms. The Morgan fingerprint density at radius 3 is 2.00 bits per heavy atom. The molecule has 1 heterocycles. The lowest BCUT2D eigenvalue weighted by atomic mass is 9.94. The van der Waals surface area contributed by atoms with Gasteiger partial charge in [0.05, 0.1) is 6.61 Å². The van der Waals surface area contributed by atoms with E-state index in [1.807, 2.05) is 41.3 Å². The molecule has 8 heteroatoms. The van der Waals surface area contributed by atoms with Crippen molar-refractivity contribution in [3.63, 3.8) is 0 Å². The molecule has 0 atom stereocenters. The van der Waals surface area contributed by atoms with E-state index in [4.69, 9.17) is 19.8 Å². The number of likely N-dealkylation sites (tertiary alicyclic amines) is 1. The maximum Gasteiger partial charge on any atom is 0.414 e. The number of aliphatic hydroxyl groups excluding tert-OH is 1. The summed E-state index contributed by atoms with van der Waals surface area (Å²) in [6.07, 6.45) is 4.00. The van der Waals surface area contributed by atoms with E-state index in [0.29, 0.717) is 13.1 Å². The van der Waals surface area contributed by atoms with Crippen LogP contribution in [0.2, 0.25) is 0 Å². The van der Waals surface area contributed by atoms with Crippen LogP contribution in [-0.2, 0) is 20.9 Å². The molecule has 3 rings (SSSR count). The molecule has 0 saturated carbocycles. The summed E-state index contributed by atoms with van der Waals surface area (Å²) >= 11 is 0. The smallest absolute Gasteiger partial charge is 0.414 e. The molecule has 35 heavy (non-hydrogen) atoms. The number of aliphatic hydroxyl groups is 1. The zero-order valence-corrected chi connectivity index (χ0v) is 20.0. The van der Waals surface area contributed by atoms with Crippen molar-refractivity contribution < 1.29 is 29.7 Å². The third kappa shape index (κ3) is 10.1. The molecule has 3 N–H and O–H groups in total. The molecule has 2 aromatic carbocycles. The topological polar surface area (TPSA) is 118 Å². The van der Waals surface area contributed by atoms with E-state index in [1.54, 1.807) is 0 Å². The number of piperidine rings is 1. The van der Waals surface area contributed by atoms with Gasteiger partial charge in [-0.1, -0.05) is 72.3 Å². The van der Waals surface area contributed by atoms with Crippen molar-refractivity contribution in [1.29, 1.82) is 0 Å². The van der Waals surface area contributed by atoms with Crippen LogP contribution in [0.5, 0.6) is 0 Å². The number of carboxylic acids is 2. The van der Waals surface area contributed by atoms with E-state index in [1.165, 1.54) is 11.1 Å². The molecule has 1 fully saturated rings. The van der Waals surface area contributed by atoms with Crippen molar-refractivity contribution >= 4 is 23.9 Å². The minimum absolute atomic E-state index is 0.000887. The highest BCUT2D eigenvalue weighted by Gasteiger charge is 2.28. The lowest BCUT2D eigenvalue weighted by Crippen LogP contribution is -2.43. The van der Waals surface area contributed by atoms with Crippen LogP contribution in [0.1, 0.15) is 30.9 Å². The van der Waals surface area contributed by atoms with Gasteiger partial charge in [-0.05, 0) is 44.0 Å². The normalized spacial score (nSPS) is 14.5. The third-order valence-electron chi connectivity index (χ3n) is 5.70. The van der Waals surface area contributed by atoms with E-state index in [0.717, 1.165) is 38.0 Å². The molecular weight excluding hydrogens is 448 g/mol. The first-order valence-corrected chi connectivity index (χ1v) is 11.6. The highest BCUT2D eigenvalue weighted by molar-refractivity contribution is 6.27. The largest absolute Gasteiger partial charge is 0.473 e. The standard InChI is InChI=1S/C25H32N2O2.C2H2O4/c1-21(18-22-8-4-2-5-9-22)19-26-14-12-24(13-15-26)25(29)27(16-17-28)20-23-10-6-3-7-11-23;3-1(4)2(5)6/h2-11,18,24,28H,12-17,19-20H2,1H3;(H,3,4)(H,5,6)/b21-18+;. The van der Waals surface area contributed by atoms with Crippen LogP contribution < -0.4 is 0 Å². The third-order valence-corrected chi connectivity index (χ3v) is 5.70. The minimum Gasteiger partial charge on any atom is -0.473 e. The van der Waals surface area contributed by atoms with Crippen LogP contribution in [0, 0.1) is 5.92 Å². The van der Waals surface area contributed by atoms with Crippen LogP contribution >= 0.6 is 0 Å². The first-order chi connectivity index (χ1) is 16.8. The van der Waals surface area contributed by atoms with E-state index in [9.17, 15) is 9.90 Å². The Labute approximate surface area is 206 Å². The zero-order chi connectivity index (χ0) is 25.6. The van der Waals surface area contributed by atoms with Gasteiger partial charge in [0.1, 0.15) is 0 Å². The second-order valence-electron chi connectivity index (χ2n) is 8.53. The molecule has 1 aliphatic heterocycles. The molecule has 1 amide bonds. The number of carboxylic acid groups (broad SMARTS) is 2. The fraction of sp³-hybridized carbons (Fsp3) is 0.370. The average Bonchev–Trinajstić information content (AvgIpc) is 2.85. The van der Waals surface area contributed by atoms with Crippen molar-refractivity contribution in [1.82, 2.24) is 9.80 Å². The highest BCUT2D eigenvalue weighted by atomic mass is 16.4. The lowest BCUT2D eigenvalue weighted by molar-refractivity contribution is -0.159. The van der Waals surface area contributed by atoms with Gasteiger partial charge < -0.3 is 20.2 Å². The summed E-state index contributed by atoms with van der Waals surface area (Å²) in [5.41, 5.74) is 3.68. The molecule has 1 aliphatic rings. The number of hydrogen-bond acceptors (Lipinski definition) is 5. The van der Waals surface area contributed by atoms with Crippen LogP contribution in [0.3, 0.4) is 0 Å². The molecule has 0 unspecified atom stereocenters. The Bertz CT molecular complexity index is 958. The molecule has 0 aromatic heterocycles. The van der Waals surface area contributed by atoms with Crippen molar-refractivity contribution in [3.8, 4) is 0 Å². The summed E-state index contributed by atoms with van der Waals surface area (Å²) in [5, 5.41) is 24.2. The van der Waals surface area contributed by atoms with Crippen molar-refractivity contribution in [2.75, 3.05) is 32.8 Å². The van der Waals surface area contributed by atoms with Crippen LogP contribution in [0.4, 0.5) is 0 Å². The van der Waals surface area contributed by atoms with Crippen LogP contribution in [-0.4, -0.2) is 75.8 Å². The summed E-state index contributed by atoms with van der Waals surface area (Å²) < 4.78 is 0. The van der Waals surface area contributed by atoms with Gasteiger partial charge in [0, 0.05) is 25.6 Å². The minimum atomic E-state index is -1.82. The fourth-order valence-corrected chi connectivity index (χ4v) is 4.02. The van der Waals surface area contributed by atoms with Crippen molar-refractivity contribution in [2.45, 2.75) is 26.3 Å². The molecule has 0 radical (unpaired) electrons. The summed E-state index contributed by atoms with van der Waals surface area (Å²) in [4.78, 5) is 35.5. The van der Waals surface area contributed by atoms with Gasteiger partial charge in [-0.2, -0.15) is 0 Å². The summed E-state index contributed by atoms with van der Waals surface area (Å²) in [7, 11) is 0. The van der Waals surface area contributed by atoms with Gasteiger partial charge in [0.2, 0.25) is 5.91 Å². The second kappa shape index (κ2) is 14.7. The Balaban J connectivity index is 0.000000641. The molecule has 0 spiro atoms. The SMILES string of the molecule is C/C(=C\c1ccccc1)CN1CCC(C(=O)N(CCO)Cc2ccccc2)CC1.O=C(O)C(=O)O. The first-order valence-electron chi connectivity index (χ1n) is 11.6. The molecular formula is C27H34N2O6. The molecule has 0 aliphatic carbocycles. The average molecular weight is 483 g/mol. The molecule has 2 aromatic rings. The number of nitrogens with zero attached hydrogens (tertiary/aromatic N) is 2. The lowest BCUT2D eigenvalue weighted by Gasteiger charge is -2.34. The Morgan fingerprint density at radius 2 is 1.49 bits per heavy atom. The van der Waals surface area contributed by atoms with Gasteiger partial charge in [0.25, 0.3) is 0 Å². The van der Waals surface area contributed by atoms with E-state index in [2.05, 4.69) is 42.2 Å². The summed E-state index contributed by atoms with van der Waals surface area (Å²) in [6.45, 7) is 5.96. The monoisotopic (exact) mass is 482 g/mol. The quantitative estimate of drug-likeness (QED) is 0.495. The number of hydrogen-bond donors (Lipinski definition) is 3. The fourth-order valence-electron chi connectivity index (χ4n) is 4.02. The number of carbonyl (C=O) groups excluding carboxylic acids is 1. The summed E-state index contributed by atoms with van der Waals surface area (Å²) in [6, 6.07) is 20.4. The number of amides is 1. The zero-order valence-electron chi connectivity index (χ0n) is 20.0. The van der Waals surface area contributed by atoms with Gasteiger partial charge in [-0.3, -0.25) is 9.69 Å². The van der Waals surface area contributed by atoms with Gasteiger partial charge in [0.15, 0.2) is 0 Å². The van der Waals surface area contributed by atoms with Crippen molar-refractivity contribution in [2.24, 2.45) is 5.92 Å². The van der Waals surface area contributed by atoms with E-state index >= 15 is 0 Å².